The lowest BCUT2D eigenvalue weighted by Gasteiger charge is -2.12. The van der Waals surface area contributed by atoms with Gasteiger partial charge in [0, 0.05) is 12.1 Å². The van der Waals surface area contributed by atoms with E-state index in [-0.39, 0.29) is 17.2 Å². The van der Waals surface area contributed by atoms with Crippen molar-refractivity contribution in [2.75, 3.05) is 5.73 Å². The molecule has 2 aromatic rings. The van der Waals surface area contributed by atoms with Crippen LogP contribution in [0.25, 0.3) is 0 Å². The topological polar surface area (TPSA) is 44.5 Å². The molecule has 0 atom stereocenters. The van der Waals surface area contributed by atoms with Gasteiger partial charge < -0.3 is 15.2 Å². The van der Waals surface area contributed by atoms with Crippen LogP contribution in [0.3, 0.4) is 0 Å². The van der Waals surface area contributed by atoms with Crippen molar-refractivity contribution in [2.45, 2.75) is 6.61 Å². The van der Waals surface area contributed by atoms with E-state index in [0.29, 0.717) is 0 Å². The zero-order valence-electron chi connectivity index (χ0n) is 9.95. The van der Waals surface area contributed by atoms with Crippen LogP contribution < -0.4 is 15.2 Å². The molecular weight excluding hydrogens is 278 g/mol. The van der Waals surface area contributed by atoms with Gasteiger partial charge in [-0.1, -0.05) is 0 Å². The number of ether oxygens (including phenoxy) is 2. The molecule has 20 heavy (non-hydrogen) atoms. The number of hydrogen-bond acceptors (Lipinski definition) is 3. The summed E-state index contributed by atoms with van der Waals surface area (Å²) in [5.41, 5.74) is 5.41. The van der Waals surface area contributed by atoms with Crippen LogP contribution in [0.15, 0.2) is 36.4 Å². The maximum Gasteiger partial charge on any atom is 0.387 e. The summed E-state index contributed by atoms with van der Waals surface area (Å²) < 4.78 is 59.5. The zero-order valence-corrected chi connectivity index (χ0v) is 9.95. The molecule has 0 aliphatic carbocycles. The Morgan fingerprint density at radius 2 is 1.60 bits per heavy atom. The maximum atomic E-state index is 13.3. The molecule has 0 aliphatic rings. The standard InChI is InChI=1S/C13H9F4NO2/c14-7-1-3-8(4-2-7)19-12-6-11(20-13(16)17)9(15)5-10(12)18/h1-6,13H,18H2. The van der Waals surface area contributed by atoms with Crippen molar-refractivity contribution in [3.8, 4) is 17.2 Å². The highest BCUT2D eigenvalue weighted by Crippen LogP contribution is 2.34. The molecule has 0 saturated heterocycles. The lowest BCUT2D eigenvalue weighted by Crippen LogP contribution is -2.05. The largest absolute Gasteiger partial charge is 0.455 e. The molecule has 0 fully saturated rings. The minimum atomic E-state index is -3.17. The van der Waals surface area contributed by atoms with Gasteiger partial charge >= 0.3 is 6.61 Å². The van der Waals surface area contributed by atoms with E-state index in [9.17, 15) is 17.6 Å². The number of alkyl halides is 2. The molecule has 2 N–H and O–H groups in total. The zero-order chi connectivity index (χ0) is 14.7. The molecule has 0 aromatic heterocycles. The number of halogens is 4. The molecule has 0 radical (unpaired) electrons. The molecule has 2 rings (SSSR count). The average Bonchev–Trinajstić information content (AvgIpc) is 2.37. The van der Waals surface area contributed by atoms with E-state index in [1.165, 1.54) is 12.1 Å². The van der Waals surface area contributed by atoms with Gasteiger partial charge in [0.1, 0.15) is 11.6 Å². The van der Waals surface area contributed by atoms with Gasteiger partial charge in [-0.15, -0.1) is 0 Å². The van der Waals surface area contributed by atoms with Gasteiger partial charge in [-0.3, -0.25) is 0 Å². The van der Waals surface area contributed by atoms with E-state index in [0.717, 1.165) is 24.3 Å². The lowest BCUT2D eigenvalue weighted by molar-refractivity contribution is -0.0522. The average molecular weight is 287 g/mol. The van der Waals surface area contributed by atoms with Crippen molar-refractivity contribution in [3.05, 3.63) is 48.0 Å². The Morgan fingerprint density at radius 3 is 2.20 bits per heavy atom. The molecule has 0 bridgehead atoms. The minimum Gasteiger partial charge on any atom is -0.455 e. The van der Waals surface area contributed by atoms with E-state index < -0.39 is 24.0 Å². The first-order valence-corrected chi connectivity index (χ1v) is 5.43. The fourth-order valence-corrected chi connectivity index (χ4v) is 1.45. The smallest absolute Gasteiger partial charge is 0.387 e. The summed E-state index contributed by atoms with van der Waals surface area (Å²) in [7, 11) is 0. The van der Waals surface area contributed by atoms with Gasteiger partial charge in [-0.05, 0) is 24.3 Å². The molecule has 106 valence electrons. The fraction of sp³-hybridized carbons (Fsp3) is 0.0769. The first kappa shape index (κ1) is 14.0. The lowest BCUT2D eigenvalue weighted by atomic mass is 10.2. The predicted octanol–water partition coefficient (Wildman–Crippen LogP) is 3.94. The van der Waals surface area contributed by atoms with Crippen LogP contribution >= 0.6 is 0 Å². The SMILES string of the molecule is Nc1cc(F)c(OC(F)F)cc1Oc1ccc(F)cc1. The summed E-state index contributed by atoms with van der Waals surface area (Å²) in [4.78, 5) is 0. The van der Waals surface area contributed by atoms with Crippen molar-refractivity contribution >= 4 is 5.69 Å². The highest BCUT2D eigenvalue weighted by atomic mass is 19.3. The van der Waals surface area contributed by atoms with Crippen LogP contribution in [0.2, 0.25) is 0 Å². The number of nitrogen functional groups attached to an aromatic ring is 1. The van der Waals surface area contributed by atoms with E-state index in [1.807, 2.05) is 0 Å². The van der Waals surface area contributed by atoms with Crippen molar-refractivity contribution < 1.29 is 27.0 Å². The first-order chi connectivity index (χ1) is 9.45. The summed E-state index contributed by atoms with van der Waals surface area (Å²) in [6.07, 6.45) is 0. The van der Waals surface area contributed by atoms with Crippen LogP contribution in [-0.2, 0) is 0 Å². The molecule has 0 spiro atoms. The van der Waals surface area contributed by atoms with E-state index >= 15 is 0 Å². The molecule has 0 amide bonds. The van der Waals surface area contributed by atoms with Gasteiger partial charge in [0.15, 0.2) is 17.3 Å². The predicted molar refractivity (Wildman–Crippen MR) is 63.9 cm³/mol. The van der Waals surface area contributed by atoms with E-state index in [1.54, 1.807) is 0 Å². The van der Waals surface area contributed by atoms with Crippen molar-refractivity contribution in [1.82, 2.24) is 0 Å². The van der Waals surface area contributed by atoms with Crippen LogP contribution in [0.1, 0.15) is 0 Å². The summed E-state index contributed by atoms with van der Waals surface area (Å²) >= 11 is 0. The third-order valence-electron chi connectivity index (χ3n) is 2.32. The second-order valence-corrected chi connectivity index (χ2v) is 3.75. The Balaban J connectivity index is 2.28. The van der Waals surface area contributed by atoms with Crippen molar-refractivity contribution in [2.24, 2.45) is 0 Å². The van der Waals surface area contributed by atoms with Crippen molar-refractivity contribution in [3.63, 3.8) is 0 Å². The van der Waals surface area contributed by atoms with Crippen LogP contribution in [-0.4, -0.2) is 6.61 Å². The Bertz CT molecular complexity index is 602. The highest BCUT2D eigenvalue weighted by molar-refractivity contribution is 5.57. The Hall–Kier alpha value is -2.44. The van der Waals surface area contributed by atoms with E-state index in [4.69, 9.17) is 10.5 Å². The minimum absolute atomic E-state index is 0.0753. The van der Waals surface area contributed by atoms with Crippen LogP contribution in [0, 0.1) is 11.6 Å². The Kier molecular flexibility index (Phi) is 3.97. The number of hydrogen-bond donors (Lipinski definition) is 1. The fourth-order valence-electron chi connectivity index (χ4n) is 1.45. The van der Waals surface area contributed by atoms with E-state index in [2.05, 4.69) is 4.74 Å². The second-order valence-electron chi connectivity index (χ2n) is 3.75. The highest BCUT2D eigenvalue weighted by Gasteiger charge is 2.14. The van der Waals surface area contributed by atoms with Gasteiger partial charge in [0.2, 0.25) is 0 Å². The summed E-state index contributed by atoms with van der Waals surface area (Å²) in [5.74, 6) is -2.05. The van der Waals surface area contributed by atoms with Gasteiger partial charge in [-0.25, -0.2) is 8.78 Å². The Morgan fingerprint density at radius 1 is 0.950 bits per heavy atom. The number of benzene rings is 2. The third kappa shape index (κ3) is 3.31. The Labute approximate surface area is 111 Å². The van der Waals surface area contributed by atoms with Gasteiger partial charge in [0.25, 0.3) is 0 Å². The molecular formula is C13H9F4NO2. The van der Waals surface area contributed by atoms with Crippen molar-refractivity contribution in [1.29, 1.82) is 0 Å². The number of rotatable bonds is 4. The normalized spacial score (nSPS) is 10.7. The number of anilines is 1. The number of nitrogens with two attached hydrogens (primary N) is 1. The summed E-state index contributed by atoms with van der Waals surface area (Å²) in [5, 5.41) is 0. The molecule has 0 aliphatic heterocycles. The monoisotopic (exact) mass is 287 g/mol. The summed E-state index contributed by atoms with van der Waals surface area (Å²) in [6.45, 7) is -3.17. The molecule has 2 aromatic carbocycles. The quantitative estimate of drug-likeness (QED) is 0.684. The van der Waals surface area contributed by atoms with Crippen LogP contribution in [0.5, 0.6) is 17.2 Å². The summed E-state index contributed by atoms with van der Waals surface area (Å²) in [6, 6.07) is 6.62. The third-order valence-corrected chi connectivity index (χ3v) is 2.32. The molecule has 3 nitrogen and oxygen atoms in total. The molecule has 7 heteroatoms. The first-order valence-electron chi connectivity index (χ1n) is 5.43. The molecule has 0 heterocycles. The van der Waals surface area contributed by atoms with Gasteiger partial charge in [-0.2, -0.15) is 8.78 Å². The molecule has 0 unspecified atom stereocenters. The molecule has 0 saturated carbocycles. The van der Waals surface area contributed by atoms with Crippen LogP contribution in [0.4, 0.5) is 23.2 Å². The maximum absolute atomic E-state index is 13.3. The van der Waals surface area contributed by atoms with Gasteiger partial charge in [0.05, 0.1) is 5.69 Å². The second kappa shape index (κ2) is 5.68.